The van der Waals surface area contributed by atoms with Crippen molar-refractivity contribution in [3.05, 3.63) is 221 Å². The Kier molecular flexibility index (Phi) is 10.7. The summed E-state index contributed by atoms with van der Waals surface area (Å²) in [6.07, 6.45) is 0. The van der Waals surface area contributed by atoms with E-state index < -0.39 is 0 Å². The van der Waals surface area contributed by atoms with Gasteiger partial charge in [-0.05, 0) is 216 Å². The summed E-state index contributed by atoms with van der Waals surface area (Å²) in [7, 11) is 0. The van der Waals surface area contributed by atoms with Crippen LogP contribution in [0.2, 0.25) is 0 Å². The third-order valence-electron chi connectivity index (χ3n) is 18.4. The topological polar surface area (TPSA) is 6.48 Å². The highest BCUT2D eigenvalue weighted by Gasteiger charge is 2.45. The van der Waals surface area contributed by atoms with Crippen molar-refractivity contribution in [2.75, 3.05) is 9.80 Å². The zero-order chi connectivity index (χ0) is 55.7. The van der Waals surface area contributed by atoms with Gasteiger partial charge in [0.15, 0.2) is 0 Å². The fraction of sp³-hybridized carbons (Fsp3) is 0.247. The quantitative estimate of drug-likeness (QED) is 0.129. The molecule has 394 valence electrons. The zero-order valence-corrected chi connectivity index (χ0v) is 49.4. The van der Waals surface area contributed by atoms with Gasteiger partial charge in [0.2, 0.25) is 0 Å². The monoisotopic (exact) mass is 1040 g/mol. The Labute approximate surface area is 475 Å². The van der Waals surface area contributed by atoms with E-state index in [9.17, 15) is 0 Å². The van der Waals surface area contributed by atoms with Crippen LogP contribution in [0.25, 0.3) is 65.3 Å². The molecule has 2 nitrogen and oxygen atoms in total. The Morgan fingerprint density at radius 2 is 0.688 bits per heavy atom. The number of anilines is 6. The van der Waals surface area contributed by atoms with Crippen LogP contribution in [0.1, 0.15) is 130 Å². The Balaban J connectivity index is 1.16. The predicted octanol–water partition coefficient (Wildman–Crippen LogP) is 19.5. The molecule has 1 aliphatic carbocycles. The van der Waals surface area contributed by atoms with E-state index in [-0.39, 0.29) is 33.8 Å². The second-order valence-electron chi connectivity index (χ2n) is 28.4. The number of hydrogen-bond acceptors (Lipinski definition) is 2. The van der Waals surface area contributed by atoms with Gasteiger partial charge < -0.3 is 9.80 Å². The first-order chi connectivity index (χ1) is 37.9. The fourth-order valence-electron chi connectivity index (χ4n) is 13.7. The SMILES string of the molecule is CC(C)(C)c1cc(N2c3cc4cc5ccccc5cc4cc3B3c4cc5cc6ccccc6cc5cc4N(c4cc(C(C)(C)C)cc(C(C)(C)C)c4)c4cc(-c5ccc6c(c5)C(C)(C)c5ccccc5-6)cc2c43)cc(C(C)(C)C)c1. The summed E-state index contributed by atoms with van der Waals surface area (Å²) < 4.78 is 0. The molecule has 0 N–H and O–H groups in total. The minimum Gasteiger partial charge on any atom is -0.311 e. The van der Waals surface area contributed by atoms with Crippen LogP contribution in [0.4, 0.5) is 34.1 Å². The molecule has 0 aromatic heterocycles. The van der Waals surface area contributed by atoms with E-state index in [1.165, 1.54) is 149 Å². The first-order valence-corrected chi connectivity index (χ1v) is 29.2. The zero-order valence-electron chi connectivity index (χ0n) is 49.4. The number of benzene rings is 11. The molecule has 0 saturated heterocycles. The van der Waals surface area contributed by atoms with Gasteiger partial charge in [-0.15, -0.1) is 0 Å². The average molecular weight is 1040 g/mol. The molecule has 80 heavy (non-hydrogen) atoms. The highest BCUT2D eigenvalue weighted by Crippen LogP contribution is 2.53. The first kappa shape index (κ1) is 50.4. The van der Waals surface area contributed by atoms with Crippen molar-refractivity contribution < 1.29 is 0 Å². The maximum absolute atomic E-state index is 2.68. The van der Waals surface area contributed by atoms with Gasteiger partial charge >= 0.3 is 0 Å². The lowest BCUT2D eigenvalue weighted by Crippen LogP contribution is -2.61. The van der Waals surface area contributed by atoms with Crippen LogP contribution >= 0.6 is 0 Å². The van der Waals surface area contributed by atoms with Gasteiger partial charge in [0.25, 0.3) is 6.71 Å². The highest BCUT2D eigenvalue weighted by atomic mass is 15.2. The Morgan fingerprint density at radius 3 is 1.10 bits per heavy atom. The molecule has 11 aromatic carbocycles. The molecule has 11 aromatic rings. The number of nitrogens with zero attached hydrogens (tertiary/aromatic N) is 2. The van der Waals surface area contributed by atoms with Gasteiger partial charge in [-0.3, -0.25) is 0 Å². The molecular weight excluding hydrogens is 964 g/mol. The van der Waals surface area contributed by atoms with E-state index in [0.717, 1.165) is 0 Å². The van der Waals surface area contributed by atoms with E-state index >= 15 is 0 Å². The summed E-state index contributed by atoms with van der Waals surface area (Å²) >= 11 is 0. The van der Waals surface area contributed by atoms with Crippen molar-refractivity contribution in [3.8, 4) is 22.3 Å². The van der Waals surface area contributed by atoms with Crippen LogP contribution in [0, 0.1) is 0 Å². The molecule has 0 saturated carbocycles. The Bertz CT molecular complexity index is 4150. The van der Waals surface area contributed by atoms with Crippen LogP contribution in [0.3, 0.4) is 0 Å². The minimum atomic E-state index is -0.157. The van der Waals surface area contributed by atoms with Gasteiger partial charge in [0, 0.05) is 39.5 Å². The Hall–Kier alpha value is -7.88. The minimum absolute atomic E-state index is 0.0903. The van der Waals surface area contributed by atoms with Crippen molar-refractivity contribution in [1.29, 1.82) is 0 Å². The molecule has 0 unspecified atom stereocenters. The maximum Gasteiger partial charge on any atom is 0.252 e. The summed E-state index contributed by atoms with van der Waals surface area (Å²) in [5.41, 5.74) is 23.9. The molecule has 0 amide bonds. The lowest BCUT2D eigenvalue weighted by atomic mass is 9.33. The van der Waals surface area contributed by atoms with Crippen molar-refractivity contribution in [2.45, 2.75) is 124 Å². The molecule has 3 aliphatic rings. The van der Waals surface area contributed by atoms with E-state index in [0.29, 0.717) is 0 Å². The molecule has 0 fully saturated rings. The van der Waals surface area contributed by atoms with Crippen LogP contribution in [-0.4, -0.2) is 6.71 Å². The molecule has 3 heteroatoms. The molecule has 14 rings (SSSR count). The smallest absolute Gasteiger partial charge is 0.252 e. The van der Waals surface area contributed by atoms with Crippen LogP contribution in [0.15, 0.2) is 188 Å². The number of fused-ring (bicyclic) bond motifs is 11. The van der Waals surface area contributed by atoms with Gasteiger partial charge in [-0.1, -0.05) is 206 Å². The first-order valence-electron chi connectivity index (χ1n) is 29.2. The third-order valence-corrected chi connectivity index (χ3v) is 18.4. The van der Waals surface area contributed by atoms with Gasteiger partial charge in [-0.25, -0.2) is 0 Å². The average Bonchev–Trinajstić information content (AvgIpc) is 1.48. The van der Waals surface area contributed by atoms with Crippen LogP contribution in [0.5, 0.6) is 0 Å². The summed E-state index contributed by atoms with van der Waals surface area (Å²) in [5, 5.41) is 10.0. The molecular formula is C77H73BN2. The molecule has 0 bridgehead atoms. The lowest BCUT2D eigenvalue weighted by molar-refractivity contribution is 0.568. The molecule has 0 radical (unpaired) electrons. The number of rotatable bonds is 3. The van der Waals surface area contributed by atoms with Crippen LogP contribution in [-0.2, 0) is 27.1 Å². The van der Waals surface area contributed by atoms with E-state index in [4.69, 9.17) is 0 Å². The third kappa shape index (κ3) is 7.89. The van der Waals surface area contributed by atoms with Gasteiger partial charge in [0.05, 0.1) is 0 Å². The Morgan fingerprint density at radius 1 is 0.312 bits per heavy atom. The van der Waals surface area contributed by atoms with Gasteiger partial charge in [-0.2, -0.15) is 0 Å². The van der Waals surface area contributed by atoms with Crippen molar-refractivity contribution in [3.63, 3.8) is 0 Å². The molecule has 2 aliphatic heterocycles. The second kappa shape index (κ2) is 17.1. The lowest BCUT2D eigenvalue weighted by Gasteiger charge is -2.45. The van der Waals surface area contributed by atoms with E-state index in [1.54, 1.807) is 0 Å². The normalized spacial score (nSPS) is 14.7. The summed E-state index contributed by atoms with van der Waals surface area (Å²) in [6.45, 7) is 33.1. The summed E-state index contributed by atoms with van der Waals surface area (Å²) in [6, 6.07) is 74.1. The largest absolute Gasteiger partial charge is 0.311 e. The summed E-state index contributed by atoms with van der Waals surface area (Å²) in [4.78, 5) is 5.37. The fourth-order valence-corrected chi connectivity index (χ4v) is 13.7. The maximum atomic E-state index is 2.68. The second-order valence-corrected chi connectivity index (χ2v) is 28.4. The highest BCUT2D eigenvalue weighted by molar-refractivity contribution is 7.00. The van der Waals surface area contributed by atoms with Crippen molar-refractivity contribution in [1.82, 2.24) is 0 Å². The molecule has 0 atom stereocenters. The van der Waals surface area contributed by atoms with E-state index in [2.05, 4.69) is 295 Å². The van der Waals surface area contributed by atoms with Crippen molar-refractivity contribution in [2.24, 2.45) is 0 Å². The van der Waals surface area contributed by atoms with E-state index in [1.807, 2.05) is 0 Å². The summed E-state index contributed by atoms with van der Waals surface area (Å²) in [5.74, 6) is 0. The molecule has 2 heterocycles. The van der Waals surface area contributed by atoms with Gasteiger partial charge in [0.1, 0.15) is 0 Å². The van der Waals surface area contributed by atoms with Crippen molar-refractivity contribution >= 4 is 100 Å². The predicted molar refractivity (Wildman–Crippen MR) is 348 cm³/mol. The van der Waals surface area contributed by atoms with Crippen LogP contribution < -0.4 is 26.2 Å². The standard InChI is InChI=1S/C77H73BN2/c1-73(2,3)56-40-57(74(4,5)6)43-60(42-56)79-68-36-53-31-48-23-17-15-21-46(48)29-51(53)34-66(68)78-67-35-52-30-47-22-16-18-24-49(47)32-54(52)37-69(67)80(61-44-58(75(7,8)9)41-59(45-61)76(10,11)12)71-39-55(38-70(79)72(71)78)50-27-28-63-62-25-19-20-26-64(62)77(13,14)65(63)33-50/h15-45H,1-14H3. The number of hydrogen-bond donors (Lipinski definition) is 0. The molecule has 0 spiro atoms.